The minimum Gasteiger partial charge on any atom is -0.493 e. The molecule has 1 unspecified atom stereocenters. The van der Waals surface area contributed by atoms with Crippen molar-refractivity contribution in [1.29, 1.82) is 0 Å². The highest BCUT2D eigenvalue weighted by molar-refractivity contribution is 5.85. The first-order valence-electron chi connectivity index (χ1n) is 8.21. The number of nitrogens with one attached hydrogen (secondary N) is 1. The van der Waals surface area contributed by atoms with E-state index in [1.165, 1.54) is 0 Å². The highest BCUT2D eigenvalue weighted by Crippen LogP contribution is 2.42. The number of carbonyl (C=O) groups excluding carboxylic acids is 1. The zero-order chi connectivity index (χ0) is 17.6. The van der Waals surface area contributed by atoms with Crippen LogP contribution in [0.5, 0.6) is 5.75 Å². The summed E-state index contributed by atoms with van der Waals surface area (Å²) in [5, 5.41) is 2.93. The van der Waals surface area contributed by atoms with E-state index < -0.39 is 17.5 Å². The fraction of sp³-hybridized carbons (Fsp3) is 0.316. The van der Waals surface area contributed by atoms with E-state index in [9.17, 15) is 18.0 Å². The van der Waals surface area contributed by atoms with Crippen molar-refractivity contribution in [3.05, 3.63) is 65.0 Å². The van der Waals surface area contributed by atoms with Crippen LogP contribution in [-0.2, 0) is 4.79 Å². The van der Waals surface area contributed by atoms with E-state index >= 15 is 0 Å². The smallest absolute Gasteiger partial charge is 0.228 e. The molecule has 0 spiro atoms. The number of halogens is 3. The Labute approximate surface area is 142 Å². The number of carbonyl (C=O) groups is 1. The number of para-hydroxylation sites is 1. The van der Waals surface area contributed by atoms with E-state index in [2.05, 4.69) is 5.32 Å². The Morgan fingerprint density at radius 3 is 2.60 bits per heavy atom. The first-order valence-corrected chi connectivity index (χ1v) is 8.21. The van der Waals surface area contributed by atoms with E-state index in [1.54, 1.807) is 0 Å². The Morgan fingerprint density at radius 2 is 1.84 bits per heavy atom. The molecule has 1 saturated carbocycles. The Kier molecular flexibility index (Phi) is 3.90. The topological polar surface area (TPSA) is 38.3 Å². The van der Waals surface area contributed by atoms with Gasteiger partial charge in [-0.05, 0) is 36.6 Å². The van der Waals surface area contributed by atoms with Crippen LogP contribution in [-0.4, -0.2) is 18.6 Å². The summed E-state index contributed by atoms with van der Waals surface area (Å²) in [5.74, 6) is -3.77. The summed E-state index contributed by atoms with van der Waals surface area (Å²) in [5.41, 5.74) is 1.22. The highest BCUT2D eigenvalue weighted by atomic mass is 19.2. The molecule has 0 radical (unpaired) electrons. The molecule has 1 N–H and O–H groups in total. The molecule has 0 bridgehead atoms. The van der Waals surface area contributed by atoms with Crippen LogP contribution in [0.4, 0.5) is 13.2 Å². The van der Waals surface area contributed by atoms with Crippen molar-refractivity contribution in [2.24, 2.45) is 0 Å². The largest absolute Gasteiger partial charge is 0.493 e. The molecule has 0 aromatic heterocycles. The zero-order valence-electron chi connectivity index (χ0n) is 13.3. The monoisotopic (exact) mass is 347 g/mol. The van der Waals surface area contributed by atoms with E-state index in [0.717, 1.165) is 17.7 Å². The average Bonchev–Trinajstić information content (AvgIpc) is 3.37. The highest BCUT2D eigenvalue weighted by Gasteiger charge is 2.42. The van der Waals surface area contributed by atoms with Gasteiger partial charge in [0.05, 0.1) is 12.5 Å². The van der Waals surface area contributed by atoms with Gasteiger partial charge in [0.25, 0.3) is 0 Å². The number of hydrogen-bond donors (Lipinski definition) is 1. The first-order chi connectivity index (χ1) is 12.0. The average molecular weight is 347 g/mol. The van der Waals surface area contributed by atoms with Crippen molar-refractivity contribution < 1.29 is 22.7 Å². The molecule has 1 fully saturated rings. The summed E-state index contributed by atoms with van der Waals surface area (Å²) in [6, 6.07) is 9.22. The molecule has 1 heterocycles. The van der Waals surface area contributed by atoms with Crippen molar-refractivity contribution in [2.75, 3.05) is 6.61 Å². The zero-order valence-corrected chi connectivity index (χ0v) is 13.3. The third kappa shape index (κ3) is 2.97. The fourth-order valence-electron chi connectivity index (χ4n) is 3.41. The van der Waals surface area contributed by atoms with Gasteiger partial charge in [0.15, 0.2) is 17.5 Å². The molecule has 0 saturated heterocycles. The van der Waals surface area contributed by atoms with Gasteiger partial charge in [-0.2, -0.15) is 0 Å². The molecule has 1 amide bonds. The SMILES string of the molecule is O=C(N[C@@H]1C[C@H]1c1cc(F)c(F)c(F)c1)C1CCOc2ccccc21. The standard InChI is InChI=1S/C19H16F3NO2/c20-14-7-10(8-15(21)18(14)22)13-9-16(13)23-19(24)12-5-6-25-17-4-2-1-3-11(12)17/h1-4,7-8,12-13,16H,5-6,9H2,(H,23,24)/t12?,13-,16+/m0/s1. The van der Waals surface area contributed by atoms with Gasteiger partial charge in [0.2, 0.25) is 5.91 Å². The van der Waals surface area contributed by atoms with Gasteiger partial charge >= 0.3 is 0 Å². The normalized spacial score (nSPS) is 24.2. The fourth-order valence-corrected chi connectivity index (χ4v) is 3.41. The number of benzene rings is 2. The second-order valence-electron chi connectivity index (χ2n) is 6.48. The summed E-state index contributed by atoms with van der Waals surface area (Å²) in [7, 11) is 0. The third-order valence-corrected chi connectivity index (χ3v) is 4.83. The lowest BCUT2D eigenvalue weighted by Gasteiger charge is -2.25. The van der Waals surface area contributed by atoms with Crippen molar-refractivity contribution in [2.45, 2.75) is 30.7 Å². The molecule has 130 valence electrons. The predicted octanol–water partition coefficient (Wildman–Crippen LogP) is 3.64. The van der Waals surface area contributed by atoms with Gasteiger partial charge in [0.1, 0.15) is 5.75 Å². The van der Waals surface area contributed by atoms with Gasteiger partial charge in [-0.15, -0.1) is 0 Å². The second kappa shape index (κ2) is 6.10. The van der Waals surface area contributed by atoms with Crippen LogP contribution >= 0.6 is 0 Å². The van der Waals surface area contributed by atoms with Crippen LogP contribution in [0.15, 0.2) is 36.4 Å². The Morgan fingerprint density at radius 1 is 1.12 bits per heavy atom. The van der Waals surface area contributed by atoms with E-state index in [0.29, 0.717) is 30.8 Å². The second-order valence-corrected chi connectivity index (χ2v) is 6.48. The van der Waals surface area contributed by atoms with Crippen molar-refractivity contribution in [3.8, 4) is 5.75 Å². The molecule has 6 heteroatoms. The summed E-state index contributed by atoms with van der Waals surface area (Å²) >= 11 is 0. The summed E-state index contributed by atoms with van der Waals surface area (Å²) < 4.78 is 45.3. The van der Waals surface area contributed by atoms with Gasteiger partial charge in [-0.1, -0.05) is 18.2 Å². The third-order valence-electron chi connectivity index (χ3n) is 4.83. The maximum atomic E-state index is 13.4. The van der Waals surface area contributed by atoms with E-state index in [4.69, 9.17) is 4.74 Å². The summed E-state index contributed by atoms with van der Waals surface area (Å²) in [6.45, 7) is 0.470. The molecular formula is C19H16F3NO2. The molecule has 4 rings (SSSR count). The number of amides is 1. The molecule has 3 atom stereocenters. The van der Waals surface area contributed by atoms with Crippen LogP contribution in [0.25, 0.3) is 0 Å². The van der Waals surface area contributed by atoms with Crippen LogP contribution in [0.2, 0.25) is 0 Å². The molecule has 3 nitrogen and oxygen atoms in total. The lowest BCUT2D eigenvalue weighted by Crippen LogP contribution is -2.34. The molecule has 1 aliphatic carbocycles. The molecule has 2 aromatic rings. The van der Waals surface area contributed by atoms with Crippen molar-refractivity contribution >= 4 is 5.91 Å². The minimum atomic E-state index is -1.47. The van der Waals surface area contributed by atoms with Gasteiger partial charge < -0.3 is 10.1 Å². The van der Waals surface area contributed by atoms with Crippen LogP contribution < -0.4 is 10.1 Å². The number of rotatable bonds is 3. The maximum absolute atomic E-state index is 13.4. The summed E-state index contributed by atoms with van der Waals surface area (Å²) in [6.07, 6.45) is 1.17. The molecule has 1 aliphatic heterocycles. The number of hydrogen-bond acceptors (Lipinski definition) is 2. The van der Waals surface area contributed by atoms with Crippen LogP contribution in [0, 0.1) is 17.5 Å². The van der Waals surface area contributed by atoms with Crippen molar-refractivity contribution in [3.63, 3.8) is 0 Å². The number of ether oxygens (including phenoxy) is 1. The lowest BCUT2D eigenvalue weighted by molar-refractivity contribution is -0.123. The quantitative estimate of drug-likeness (QED) is 0.861. The first kappa shape index (κ1) is 16.0. The van der Waals surface area contributed by atoms with Crippen molar-refractivity contribution in [1.82, 2.24) is 5.32 Å². The number of fused-ring (bicyclic) bond motifs is 1. The summed E-state index contributed by atoms with van der Waals surface area (Å²) in [4.78, 5) is 12.6. The Hall–Kier alpha value is -2.50. The minimum absolute atomic E-state index is 0.119. The lowest BCUT2D eigenvalue weighted by atomic mass is 9.92. The van der Waals surface area contributed by atoms with Crippen LogP contribution in [0.3, 0.4) is 0 Å². The molecular weight excluding hydrogens is 331 g/mol. The van der Waals surface area contributed by atoms with Gasteiger partial charge in [-0.25, -0.2) is 13.2 Å². The van der Waals surface area contributed by atoms with Crippen LogP contribution in [0.1, 0.15) is 35.8 Å². The predicted molar refractivity (Wildman–Crippen MR) is 84.9 cm³/mol. The maximum Gasteiger partial charge on any atom is 0.228 e. The molecule has 25 heavy (non-hydrogen) atoms. The van der Waals surface area contributed by atoms with E-state index in [-0.39, 0.29) is 23.8 Å². The Balaban J connectivity index is 1.46. The van der Waals surface area contributed by atoms with Gasteiger partial charge in [0, 0.05) is 17.5 Å². The van der Waals surface area contributed by atoms with Gasteiger partial charge in [-0.3, -0.25) is 4.79 Å². The Bertz CT molecular complexity index is 816. The van der Waals surface area contributed by atoms with E-state index in [1.807, 2.05) is 24.3 Å². The molecule has 2 aliphatic rings. The molecule has 2 aromatic carbocycles.